The number of anilines is 2. The largest absolute Gasteiger partial charge is 0.442 e. The number of hydrogen-bond acceptors (Lipinski definition) is 5. The van der Waals surface area contributed by atoms with Gasteiger partial charge < -0.3 is 15.0 Å². The molecule has 4 rings (SSSR count). The van der Waals surface area contributed by atoms with Crippen LogP contribution in [-0.2, 0) is 9.53 Å². The quantitative estimate of drug-likeness (QED) is 0.590. The van der Waals surface area contributed by atoms with E-state index in [1.54, 1.807) is 18.2 Å². The first-order valence-electron chi connectivity index (χ1n) is 11.7. The molecule has 0 bridgehead atoms. The molecule has 2 aliphatic heterocycles. The lowest BCUT2D eigenvalue weighted by molar-refractivity contribution is -0.121. The molecule has 180 valence electrons. The molecular weight excluding hydrogens is 437 g/mol. The predicted octanol–water partition coefficient (Wildman–Crippen LogP) is 4.15. The normalized spacial score (nSPS) is 17.7. The van der Waals surface area contributed by atoms with E-state index in [1.165, 1.54) is 11.0 Å². The fraction of sp³-hybridized carbons (Fsp3) is 0.423. The molecule has 8 heteroatoms. The second-order valence-corrected chi connectivity index (χ2v) is 8.99. The Hall–Kier alpha value is -3.42. The van der Waals surface area contributed by atoms with Gasteiger partial charge in [0.2, 0.25) is 5.91 Å². The molecule has 2 aromatic carbocycles. The van der Waals surface area contributed by atoms with Crippen molar-refractivity contribution in [3.63, 3.8) is 0 Å². The highest BCUT2D eigenvalue weighted by Gasteiger charge is 2.33. The summed E-state index contributed by atoms with van der Waals surface area (Å²) in [5.41, 5.74) is 3.58. The number of carbonyl (C=O) groups excluding carboxylic acids is 3. The van der Waals surface area contributed by atoms with Gasteiger partial charge in [-0.2, -0.15) is 0 Å². The van der Waals surface area contributed by atoms with Crippen LogP contribution in [0.25, 0.3) is 0 Å². The molecule has 2 saturated heterocycles. The Kier molecular flexibility index (Phi) is 7.14. The zero-order chi connectivity index (χ0) is 24.2. The van der Waals surface area contributed by atoms with Crippen LogP contribution in [0, 0.1) is 19.7 Å². The highest BCUT2D eigenvalue weighted by atomic mass is 19.1. The van der Waals surface area contributed by atoms with Crippen LogP contribution < -0.4 is 15.1 Å². The average Bonchev–Trinajstić information content (AvgIpc) is 3.46. The van der Waals surface area contributed by atoms with E-state index in [-0.39, 0.29) is 43.4 Å². The zero-order valence-corrected chi connectivity index (χ0v) is 19.6. The van der Waals surface area contributed by atoms with E-state index >= 15 is 0 Å². The van der Waals surface area contributed by atoms with Gasteiger partial charge in [-0.1, -0.05) is 23.8 Å². The third-order valence-electron chi connectivity index (χ3n) is 6.35. The third-order valence-corrected chi connectivity index (χ3v) is 6.35. The first-order chi connectivity index (χ1) is 16.3. The van der Waals surface area contributed by atoms with Gasteiger partial charge >= 0.3 is 6.09 Å². The van der Waals surface area contributed by atoms with Crippen molar-refractivity contribution in [2.45, 2.75) is 45.6 Å². The molecule has 1 N–H and O–H groups in total. The summed E-state index contributed by atoms with van der Waals surface area (Å²) in [5, 5.41) is 2.73. The van der Waals surface area contributed by atoms with Gasteiger partial charge in [-0.3, -0.25) is 14.5 Å². The third kappa shape index (κ3) is 5.38. The number of carbonyl (C=O) groups is 3. The number of ketones is 1. The zero-order valence-electron chi connectivity index (χ0n) is 19.6. The highest BCUT2D eigenvalue weighted by molar-refractivity contribution is 5.99. The molecule has 0 radical (unpaired) electrons. The van der Waals surface area contributed by atoms with Crippen LogP contribution in [0.1, 0.15) is 47.2 Å². The molecule has 2 heterocycles. The smallest absolute Gasteiger partial charge is 0.414 e. The minimum absolute atomic E-state index is 0.0553. The van der Waals surface area contributed by atoms with Crippen molar-refractivity contribution in [3.8, 4) is 0 Å². The summed E-state index contributed by atoms with van der Waals surface area (Å²) in [5.74, 6) is -0.725. The number of benzene rings is 2. The number of amides is 2. The lowest BCUT2D eigenvalue weighted by atomic mass is 9.99. The molecule has 2 fully saturated rings. The van der Waals surface area contributed by atoms with Gasteiger partial charge in [0.05, 0.1) is 24.5 Å². The lowest BCUT2D eigenvalue weighted by Crippen LogP contribution is -2.34. The lowest BCUT2D eigenvalue weighted by Gasteiger charge is -2.20. The second kappa shape index (κ2) is 10.2. The standard InChI is InChI=1S/C26H30FN3O4/c1-17-5-7-21(18(2)13-17)24(31)9-10-25(32)28-15-20-16-30(26(33)34-20)19-6-8-23(22(27)14-19)29-11-3-4-12-29/h5-8,13-14,20H,3-4,9-12,15-16H2,1-2H3,(H,28,32)/t20-/m0/s1. The SMILES string of the molecule is Cc1ccc(C(=O)CCC(=O)NC[C@H]2CN(c3ccc(N4CCCC4)c(F)c3)C(=O)O2)c(C)c1. The van der Waals surface area contributed by atoms with Gasteiger partial charge in [0, 0.05) is 31.5 Å². The number of hydrogen-bond donors (Lipinski definition) is 1. The first kappa shape index (κ1) is 23.7. The van der Waals surface area contributed by atoms with Crippen molar-refractivity contribution in [2.75, 3.05) is 36.0 Å². The van der Waals surface area contributed by atoms with Crippen molar-refractivity contribution in [3.05, 3.63) is 58.9 Å². The maximum atomic E-state index is 14.6. The first-order valence-corrected chi connectivity index (χ1v) is 11.7. The van der Waals surface area contributed by atoms with Crippen molar-refractivity contribution in [2.24, 2.45) is 0 Å². The summed E-state index contributed by atoms with van der Waals surface area (Å²) in [4.78, 5) is 40.4. The van der Waals surface area contributed by atoms with Crippen LogP contribution >= 0.6 is 0 Å². The number of halogens is 1. The number of nitrogens with zero attached hydrogens (tertiary/aromatic N) is 2. The van der Waals surface area contributed by atoms with Crippen molar-refractivity contribution >= 4 is 29.2 Å². The molecule has 0 unspecified atom stereocenters. The van der Waals surface area contributed by atoms with Gasteiger partial charge in [0.15, 0.2) is 5.78 Å². The van der Waals surface area contributed by atoms with E-state index in [4.69, 9.17) is 4.74 Å². The van der Waals surface area contributed by atoms with E-state index < -0.39 is 12.2 Å². The molecule has 2 amide bonds. The van der Waals surface area contributed by atoms with E-state index in [0.29, 0.717) is 16.9 Å². The summed E-state index contributed by atoms with van der Waals surface area (Å²) in [6, 6.07) is 10.4. The monoisotopic (exact) mass is 467 g/mol. The summed E-state index contributed by atoms with van der Waals surface area (Å²) < 4.78 is 20.0. The molecule has 34 heavy (non-hydrogen) atoms. The average molecular weight is 468 g/mol. The molecule has 0 saturated carbocycles. The topological polar surface area (TPSA) is 79.0 Å². The maximum Gasteiger partial charge on any atom is 0.414 e. The van der Waals surface area contributed by atoms with Crippen molar-refractivity contribution < 1.29 is 23.5 Å². The number of ether oxygens (including phenoxy) is 1. The van der Waals surface area contributed by atoms with Gasteiger partial charge in [-0.05, 0) is 50.5 Å². The summed E-state index contributed by atoms with van der Waals surface area (Å²) in [7, 11) is 0. The van der Waals surface area contributed by atoms with Crippen LogP contribution in [0.15, 0.2) is 36.4 Å². The van der Waals surface area contributed by atoms with E-state index in [2.05, 4.69) is 5.32 Å². The fourth-order valence-electron chi connectivity index (χ4n) is 4.52. The predicted molar refractivity (Wildman–Crippen MR) is 128 cm³/mol. The molecular formula is C26H30FN3O4. The van der Waals surface area contributed by atoms with Gasteiger partial charge in [0.1, 0.15) is 11.9 Å². The van der Waals surface area contributed by atoms with Crippen LogP contribution in [0.2, 0.25) is 0 Å². The van der Waals surface area contributed by atoms with E-state index in [9.17, 15) is 18.8 Å². The summed E-state index contributed by atoms with van der Waals surface area (Å²) in [6.07, 6.45) is 1.14. The number of aryl methyl sites for hydroxylation is 2. The second-order valence-electron chi connectivity index (χ2n) is 8.99. The van der Waals surface area contributed by atoms with Crippen LogP contribution in [0.5, 0.6) is 0 Å². The molecule has 1 atom stereocenters. The van der Waals surface area contributed by atoms with Crippen LogP contribution in [-0.4, -0.2) is 50.1 Å². The van der Waals surface area contributed by atoms with Crippen LogP contribution in [0.3, 0.4) is 0 Å². The van der Waals surface area contributed by atoms with Gasteiger partial charge in [-0.25, -0.2) is 9.18 Å². The van der Waals surface area contributed by atoms with Gasteiger partial charge in [-0.15, -0.1) is 0 Å². The van der Waals surface area contributed by atoms with E-state index in [1.807, 2.05) is 30.9 Å². The van der Waals surface area contributed by atoms with Crippen molar-refractivity contribution in [1.82, 2.24) is 5.32 Å². The number of rotatable bonds is 8. The Labute approximate surface area is 198 Å². The number of Topliss-reactive ketones (excluding diaryl/α,β-unsaturated/α-hetero) is 1. The number of nitrogens with one attached hydrogen (secondary N) is 1. The summed E-state index contributed by atoms with van der Waals surface area (Å²) >= 11 is 0. The summed E-state index contributed by atoms with van der Waals surface area (Å²) in [6.45, 7) is 5.86. The highest BCUT2D eigenvalue weighted by Crippen LogP contribution is 2.29. The van der Waals surface area contributed by atoms with Crippen LogP contribution in [0.4, 0.5) is 20.6 Å². The Morgan fingerprint density at radius 1 is 1.09 bits per heavy atom. The Bertz CT molecular complexity index is 1100. The minimum atomic E-state index is -0.572. The maximum absolute atomic E-state index is 14.6. The molecule has 0 aromatic heterocycles. The Morgan fingerprint density at radius 2 is 1.85 bits per heavy atom. The Morgan fingerprint density at radius 3 is 2.56 bits per heavy atom. The number of cyclic esters (lactones) is 1. The van der Waals surface area contributed by atoms with Crippen molar-refractivity contribution in [1.29, 1.82) is 0 Å². The molecule has 0 spiro atoms. The molecule has 0 aliphatic carbocycles. The molecule has 2 aromatic rings. The fourth-order valence-corrected chi connectivity index (χ4v) is 4.52. The molecule has 2 aliphatic rings. The minimum Gasteiger partial charge on any atom is -0.442 e. The molecule has 7 nitrogen and oxygen atoms in total. The Balaban J connectivity index is 1.26. The van der Waals surface area contributed by atoms with Gasteiger partial charge in [0.25, 0.3) is 0 Å². The van der Waals surface area contributed by atoms with E-state index in [0.717, 1.165) is 37.1 Å².